The molecule has 0 fully saturated rings. The number of ether oxygens (including phenoxy) is 2. The molecule has 0 saturated heterocycles. The van der Waals surface area contributed by atoms with Crippen LogP contribution in [0.5, 0.6) is 11.5 Å². The Labute approximate surface area is 143 Å². The first-order valence-corrected chi connectivity index (χ1v) is 7.42. The van der Waals surface area contributed by atoms with Crippen LogP contribution in [0.25, 0.3) is 0 Å². The first-order valence-electron chi connectivity index (χ1n) is 7.42. The number of benzene rings is 2. The summed E-state index contributed by atoms with van der Waals surface area (Å²) in [6.45, 7) is -0.150. The van der Waals surface area contributed by atoms with Crippen molar-refractivity contribution in [2.75, 3.05) is 25.6 Å². The van der Waals surface area contributed by atoms with Gasteiger partial charge in [0.1, 0.15) is 35.8 Å². The topological polar surface area (TPSA) is 79.8 Å². The Kier molecular flexibility index (Phi) is 6.53. The van der Waals surface area contributed by atoms with Crippen LogP contribution in [0, 0.1) is 11.6 Å². The van der Waals surface area contributed by atoms with Crippen LogP contribution in [-0.4, -0.2) is 37.5 Å². The quantitative estimate of drug-likeness (QED) is 0.715. The first-order chi connectivity index (χ1) is 12.0. The molecule has 1 unspecified atom stereocenters. The first kappa shape index (κ1) is 18.5. The van der Waals surface area contributed by atoms with Gasteiger partial charge in [0.2, 0.25) is 0 Å². The lowest BCUT2D eigenvalue weighted by Gasteiger charge is -2.14. The van der Waals surface area contributed by atoms with E-state index in [4.69, 9.17) is 9.47 Å². The summed E-state index contributed by atoms with van der Waals surface area (Å²) in [5.41, 5.74) is -0.164. The number of amides is 2. The number of rotatable bonds is 7. The molecule has 0 heterocycles. The molecule has 0 aromatic heterocycles. The third-order valence-electron chi connectivity index (χ3n) is 3.18. The molecule has 2 aromatic carbocycles. The predicted molar refractivity (Wildman–Crippen MR) is 87.9 cm³/mol. The molecule has 2 amide bonds. The Morgan fingerprint density at radius 2 is 1.84 bits per heavy atom. The van der Waals surface area contributed by atoms with Gasteiger partial charge in [0.15, 0.2) is 0 Å². The van der Waals surface area contributed by atoms with Gasteiger partial charge < -0.3 is 25.2 Å². The minimum absolute atomic E-state index is 0.0441. The maximum atomic E-state index is 13.4. The number of anilines is 1. The maximum absolute atomic E-state index is 13.4. The van der Waals surface area contributed by atoms with Crippen LogP contribution in [0.4, 0.5) is 19.3 Å². The Hall–Kier alpha value is -2.87. The molecule has 0 spiro atoms. The zero-order chi connectivity index (χ0) is 18.2. The van der Waals surface area contributed by atoms with E-state index >= 15 is 0 Å². The van der Waals surface area contributed by atoms with Crippen LogP contribution in [0.3, 0.4) is 0 Å². The second kappa shape index (κ2) is 8.84. The molecule has 3 N–H and O–H groups in total. The van der Waals surface area contributed by atoms with Crippen molar-refractivity contribution in [2.24, 2.45) is 0 Å². The lowest BCUT2D eigenvalue weighted by atomic mass is 10.3. The highest BCUT2D eigenvalue weighted by atomic mass is 19.1. The fourth-order valence-corrected chi connectivity index (χ4v) is 1.89. The van der Waals surface area contributed by atoms with Gasteiger partial charge in [0, 0.05) is 12.6 Å². The standard InChI is InChI=1S/C17H18F2N2O4/c1-24-13-3-5-14(6-4-13)25-10-12(22)9-20-17(23)21-16-7-2-11(18)8-15(16)19/h2-8,12,22H,9-10H2,1H3,(H2,20,21,23). The van der Waals surface area contributed by atoms with Crippen LogP contribution < -0.4 is 20.1 Å². The lowest BCUT2D eigenvalue weighted by Crippen LogP contribution is -2.37. The Bertz CT molecular complexity index is 710. The molecule has 0 aliphatic carbocycles. The van der Waals surface area contributed by atoms with Gasteiger partial charge in [-0.1, -0.05) is 0 Å². The number of hydrogen-bond acceptors (Lipinski definition) is 4. The number of carbonyl (C=O) groups is 1. The number of carbonyl (C=O) groups excluding carboxylic acids is 1. The van der Waals surface area contributed by atoms with Crippen molar-refractivity contribution in [3.8, 4) is 11.5 Å². The van der Waals surface area contributed by atoms with Gasteiger partial charge in [-0.3, -0.25) is 0 Å². The number of aliphatic hydroxyl groups is 1. The maximum Gasteiger partial charge on any atom is 0.319 e. The van der Waals surface area contributed by atoms with Gasteiger partial charge >= 0.3 is 6.03 Å². The van der Waals surface area contributed by atoms with Crippen molar-refractivity contribution in [1.82, 2.24) is 5.32 Å². The fourth-order valence-electron chi connectivity index (χ4n) is 1.89. The number of hydrogen-bond donors (Lipinski definition) is 3. The molecule has 0 radical (unpaired) electrons. The molecular weight excluding hydrogens is 334 g/mol. The summed E-state index contributed by atoms with van der Waals surface area (Å²) in [7, 11) is 1.55. The fraction of sp³-hybridized carbons (Fsp3) is 0.235. The summed E-state index contributed by atoms with van der Waals surface area (Å²) in [5.74, 6) is -0.412. The molecule has 134 valence electrons. The molecule has 0 saturated carbocycles. The van der Waals surface area contributed by atoms with E-state index < -0.39 is 23.8 Å². The van der Waals surface area contributed by atoms with Gasteiger partial charge in [-0.05, 0) is 36.4 Å². The van der Waals surface area contributed by atoms with Crippen molar-refractivity contribution >= 4 is 11.7 Å². The van der Waals surface area contributed by atoms with E-state index in [1.54, 1.807) is 31.4 Å². The average molecular weight is 352 g/mol. The Balaban J connectivity index is 1.73. The zero-order valence-corrected chi connectivity index (χ0v) is 13.5. The third kappa shape index (κ3) is 5.92. The summed E-state index contributed by atoms with van der Waals surface area (Å²) in [4.78, 5) is 11.7. The second-order valence-corrected chi connectivity index (χ2v) is 5.10. The summed E-state index contributed by atoms with van der Waals surface area (Å²) in [6.07, 6.45) is -0.967. The highest BCUT2D eigenvalue weighted by Gasteiger charge is 2.10. The van der Waals surface area contributed by atoms with E-state index in [-0.39, 0.29) is 18.8 Å². The van der Waals surface area contributed by atoms with E-state index in [9.17, 15) is 18.7 Å². The zero-order valence-electron chi connectivity index (χ0n) is 13.5. The van der Waals surface area contributed by atoms with Gasteiger partial charge in [0.05, 0.1) is 12.8 Å². The smallest absolute Gasteiger partial charge is 0.319 e. The van der Waals surface area contributed by atoms with Crippen molar-refractivity contribution in [3.63, 3.8) is 0 Å². The molecule has 0 aliphatic rings. The van der Waals surface area contributed by atoms with Crippen molar-refractivity contribution in [3.05, 3.63) is 54.1 Å². The van der Waals surface area contributed by atoms with Gasteiger partial charge in [-0.2, -0.15) is 0 Å². The van der Waals surface area contributed by atoms with E-state index in [2.05, 4.69) is 10.6 Å². The van der Waals surface area contributed by atoms with E-state index in [0.29, 0.717) is 17.6 Å². The largest absolute Gasteiger partial charge is 0.497 e. The highest BCUT2D eigenvalue weighted by molar-refractivity contribution is 5.89. The number of nitrogens with one attached hydrogen (secondary N) is 2. The average Bonchev–Trinajstić information content (AvgIpc) is 2.61. The predicted octanol–water partition coefficient (Wildman–Crippen LogP) is 2.53. The van der Waals surface area contributed by atoms with Crippen LogP contribution in [-0.2, 0) is 0 Å². The van der Waals surface area contributed by atoms with Crippen molar-refractivity contribution < 1.29 is 28.2 Å². The van der Waals surface area contributed by atoms with E-state index in [1.807, 2.05) is 0 Å². The molecule has 1 atom stereocenters. The molecule has 0 bridgehead atoms. The Morgan fingerprint density at radius 3 is 2.48 bits per heavy atom. The summed E-state index contributed by atoms with van der Waals surface area (Å²) in [5, 5.41) is 14.4. The Morgan fingerprint density at radius 1 is 1.16 bits per heavy atom. The minimum atomic E-state index is -0.967. The van der Waals surface area contributed by atoms with Gasteiger partial charge in [-0.15, -0.1) is 0 Å². The lowest BCUT2D eigenvalue weighted by molar-refractivity contribution is 0.108. The molecule has 0 aliphatic heterocycles. The molecule has 2 rings (SSSR count). The molecular formula is C17H18F2N2O4. The van der Waals surface area contributed by atoms with Crippen molar-refractivity contribution in [1.29, 1.82) is 0 Å². The number of urea groups is 1. The minimum Gasteiger partial charge on any atom is -0.497 e. The summed E-state index contributed by atoms with van der Waals surface area (Å²) < 4.78 is 36.6. The molecule has 2 aromatic rings. The van der Waals surface area contributed by atoms with Crippen LogP contribution >= 0.6 is 0 Å². The molecule has 6 nitrogen and oxygen atoms in total. The normalized spacial score (nSPS) is 11.5. The number of methoxy groups -OCH3 is 1. The molecule has 8 heteroatoms. The number of aliphatic hydroxyl groups excluding tert-OH is 1. The van der Waals surface area contributed by atoms with Crippen molar-refractivity contribution in [2.45, 2.75) is 6.10 Å². The van der Waals surface area contributed by atoms with Crippen LogP contribution in [0.2, 0.25) is 0 Å². The van der Waals surface area contributed by atoms with Gasteiger partial charge in [0.25, 0.3) is 0 Å². The van der Waals surface area contributed by atoms with Gasteiger partial charge in [-0.25, -0.2) is 13.6 Å². The second-order valence-electron chi connectivity index (χ2n) is 5.10. The van der Waals surface area contributed by atoms with E-state index in [0.717, 1.165) is 12.1 Å². The summed E-state index contributed by atoms with van der Waals surface area (Å²) >= 11 is 0. The highest BCUT2D eigenvalue weighted by Crippen LogP contribution is 2.17. The van der Waals surface area contributed by atoms with Crippen LogP contribution in [0.15, 0.2) is 42.5 Å². The van der Waals surface area contributed by atoms with Crippen LogP contribution in [0.1, 0.15) is 0 Å². The number of halogens is 2. The molecule has 25 heavy (non-hydrogen) atoms. The monoisotopic (exact) mass is 352 g/mol. The SMILES string of the molecule is COc1ccc(OCC(O)CNC(=O)Nc2ccc(F)cc2F)cc1. The van der Waals surface area contributed by atoms with E-state index in [1.165, 1.54) is 0 Å². The summed E-state index contributed by atoms with van der Waals surface area (Å²) in [6, 6.07) is 8.85. The third-order valence-corrected chi connectivity index (χ3v) is 3.18.